The standard InChI is InChI=1S/C17H23N5O2/c1-2-21(11-14-8-9-24-12-14)17(23)18-10-16-20-19-13-22(16)15-6-4-3-5-7-15/h3-7,13-14H,2,8-12H2,1H3,(H,18,23)/t14-/m1/s1. The lowest BCUT2D eigenvalue weighted by Crippen LogP contribution is -2.42. The highest BCUT2D eigenvalue weighted by Gasteiger charge is 2.21. The number of amides is 2. The number of carbonyl (C=O) groups excluding carboxylic acids is 1. The number of urea groups is 1. The van der Waals surface area contributed by atoms with Gasteiger partial charge in [-0.2, -0.15) is 0 Å². The zero-order chi connectivity index (χ0) is 16.8. The molecule has 1 fully saturated rings. The molecule has 2 amide bonds. The normalized spacial score (nSPS) is 17.0. The highest BCUT2D eigenvalue weighted by molar-refractivity contribution is 5.74. The lowest BCUT2D eigenvalue weighted by Gasteiger charge is -2.24. The molecule has 0 bridgehead atoms. The molecule has 0 unspecified atom stereocenters. The number of para-hydroxylation sites is 1. The summed E-state index contributed by atoms with van der Waals surface area (Å²) in [5, 5.41) is 11.0. The van der Waals surface area contributed by atoms with Crippen LogP contribution in [0, 0.1) is 5.92 Å². The van der Waals surface area contributed by atoms with Gasteiger partial charge in [-0.1, -0.05) is 18.2 Å². The van der Waals surface area contributed by atoms with Gasteiger partial charge in [0, 0.05) is 31.3 Å². The molecule has 1 aliphatic rings. The minimum absolute atomic E-state index is 0.0768. The minimum Gasteiger partial charge on any atom is -0.381 e. The van der Waals surface area contributed by atoms with Gasteiger partial charge < -0.3 is 15.0 Å². The van der Waals surface area contributed by atoms with Crippen LogP contribution >= 0.6 is 0 Å². The fourth-order valence-electron chi connectivity index (χ4n) is 2.84. The van der Waals surface area contributed by atoms with Gasteiger partial charge in [0.25, 0.3) is 0 Å². The lowest BCUT2D eigenvalue weighted by atomic mass is 10.1. The average Bonchev–Trinajstić information content (AvgIpc) is 3.30. The first-order chi connectivity index (χ1) is 11.8. The van der Waals surface area contributed by atoms with Crippen LogP contribution in [-0.4, -0.2) is 52.0 Å². The molecule has 1 aliphatic heterocycles. The van der Waals surface area contributed by atoms with Crippen molar-refractivity contribution < 1.29 is 9.53 Å². The van der Waals surface area contributed by atoms with E-state index in [0.29, 0.717) is 24.8 Å². The Labute approximate surface area is 141 Å². The van der Waals surface area contributed by atoms with Crippen LogP contribution in [0.25, 0.3) is 5.69 Å². The van der Waals surface area contributed by atoms with E-state index in [9.17, 15) is 4.79 Å². The highest BCUT2D eigenvalue weighted by Crippen LogP contribution is 2.14. The van der Waals surface area contributed by atoms with Gasteiger partial charge in [-0.25, -0.2) is 4.79 Å². The van der Waals surface area contributed by atoms with E-state index in [2.05, 4.69) is 15.5 Å². The second kappa shape index (κ2) is 7.92. The maximum absolute atomic E-state index is 12.4. The molecule has 1 N–H and O–H groups in total. The van der Waals surface area contributed by atoms with Crippen molar-refractivity contribution in [2.75, 3.05) is 26.3 Å². The van der Waals surface area contributed by atoms with Crippen molar-refractivity contribution in [3.8, 4) is 5.69 Å². The first kappa shape index (κ1) is 16.4. The van der Waals surface area contributed by atoms with Crippen LogP contribution in [0.2, 0.25) is 0 Å². The zero-order valence-corrected chi connectivity index (χ0v) is 13.9. The summed E-state index contributed by atoms with van der Waals surface area (Å²) < 4.78 is 7.26. The maximum atomic E-state index is 12.4. The van der Waals surface area contributed by atoms with Gasteiger partial charge in [-0.3, -0.25) is 4.57 Å². The van der Waals surface area contributed by atoms with E-state index in [1.807, 2.05) is 46.7 Å². The Hall–Kier alpha value is -2.41. The Morgan fingerprint density at radius 3 is 2.96 bits per heavy atom. The van der Waals surface area contributed by atoms with E-state index in [1.165, 1.54) is 0 Å². The molecule has 128 valence electrons. The summed E-state index contributed by atoms with van der Waals surface area (Å²) >= 11 is 0. The molecule has 7 nitrogen and oxygen atoms in total. The minimum atomic E-state index is -0.0768. The van der Waals surface area contributed by atoms with E-state index >= 15 is 0 Å². The molecule has 0 radical (unpaired) electrons. The Morgan fingerprint density at radius 1 is 1.42 bits per heavy atom. The summed E-state index contributed by atoms with van der Waals surface area (Å²) in [6.45, 7) is 5.27. The predicted molar refractivity (Wildman–Crippen MR) is 89.8 cm³/mol. The fourth-order valence-corrected chi connectivity index (χ4v) is 2.84. The van der Waals surface area contributed by atoms with Crippen LogP contribution in [0.4, 0.5) is 4.79 Å². The van der Waals surface area contributed by atoms with Gasteiger partial charge in [0.05, 0.1) is 13.2 Å². The third kappa shape index (κ3) is 3.91. The van der Waals surface area contributed by atoms with Gasteiger partial charge in [0.1, 0.15) is 6.33 Å². The van der Waals surface area contributed by atoms with Crippen molar-refractivity contribution in [3.63, 3.8) is 0 Å². The average molecular weight is 329 g/mol. The van der Waals surface area contributed by atoms with Crippen LogP contribution in [0.1, 0.15) is 19.2 Å². The monoisotopic (exact) mass is 329 g/mol. The summed E-state index contributed by atoms with van der Waals surface area (Å²) in [5.74, 6) is 1.14. The molecule has 1 saturated heterocycles. The van der Waals surface area contributed by atoms with Crippen LogP contribution in [0.3, 0.4) is 0 Å². The van der Waals surface area contributed by atoms with Crippen LogP contribution in [-0.2, 0) is 11.3 Å². The van der Waals surface area contributed by atoms with Crippen molar-refractivity contribution in [1.82, 2.24) is 25.0 Å². The van der Waals surface area contributed by atoms with Gasteiger partial charge in [0.2, 0.25) is 0 Å². The number of rotatable bonds is 6. The zero-order valence-electron chi connectivity index (χ0n) is 13.9. The first-order valence-corrected chi connectivity index (χ1v) is 8.32. The number of benzene rings is 1. The Morgan fingerprint density at radius 2 is 2.25 bits per heavy atom. The Kier molecular flexibility index (Phi) is 5.43. The molecule has 1 aromatic heterocycles. The summed E-state index contributed by atoms with van der Waals surface area (Å²) in [7, 11) is 0. The van der Waals surface area contributed by atoms with E-state index in [0.717, 1.165) is 31.9 Å². The van der Waals surface area contributed by atoms with Crippen molar-refractivity contribution in [1.29, 1.82) is 0 Å². The van der Waals surface area contributed by atoms with Crippen molar-refractivity contribution in [2.24, 2.45) is 5.92 Å². The topological polar surface area (TPSA) is 72.3 Å². The van der Waals surface area contributed by atoms with Gasteiger partial charge in [-0.05, 0) is 25.5 Å². The van der Waals surface area contributed by atoms with E-state index < -0.39 is 0 Å². The lowest BCUT2D eigenvalue weighted by molar-refractivity contribution is 0.166. The predicted octanol–water partition coefficient (Wildman–Crippen LogP) is 1.84. The van der Waals surface area contributed by atoms with Gasteiger partial charge in [-0.15, -0.1) is 10.2 Å². The third-order valence-electron chi connectivity index (χ3n) is 4.22. The Balaban J connectivity index is 1.59. The quantitative estimate of drug-likeness (QED) is 0.878. The summed E-state index contributed by atoms with van der Waals surface area (Å²) in [6.07, 6.45) is 2.68. The second-order valence-corrected chi connectivity index (χ2v) is 5.88. The molecule has 0 aliphatic carbocycles. The van der Waals surface area contributed by atoms with E-state index in [4.69, 9.17) is 4.74 Å². The number of nitrogens with zero attached hydrogens (tertiary/aromatic N) is 4. The first-order valence-electron chi connectivity index (χ1n) is 8.32. The number of nitrogens with one attached hydrogen (secondary N) is 1. The molecular formula is C17H23N5O2. The van der Waals surface area contributed by atoms with Gasteiger partial charge in [0.15, 0.2) is 5.82 Å². The van der Waals surface area contributed by atoms with E-state index in [-0.39, 0.29) is 6.03 Å². The molecule has 0 spiro atoms. The molecular weight excluding hydrogens is 306 g/mol. The maximum Gasteiger partial charge on any atom is 0.317 e. The third-order valence-corrected chi connectivity index (χ3v) is 4.22. The highest BCUT2D eigenvalue weighted by atomic mass is 16.5. The molecule has 2 aromatic rings. The number of aromatic nitrogens is 3. The van der Waals surface area contributed by atoms with Crippen LogP contribution in [0.5, 0.6) is 0 Å². The van der Waals surface area contributed by atoms with Gasteiger partial charge >= 0.3 is 6.03 Å². The number of ether oxygens (including phenoxy) is 1. The summed E-state index contributed by atoms with van der Waals surface area (Å²) in [6, 6.07) is 9.76. The molecule has 3 rings (SSSR count). The molecule has 24 heavy (non-hydrogen) atoms. The number of hydrogen-bond acceptors (Lipinski definition) is 4. The van der Waals surface area contributed by atoms with Crippen LogP contribution in [0.15, 0.2) is 36.7 Å². The fraction of sp³-hybridized carbons (Fsp3) is 0.471. The molecule has 1 aromatic carbocycles. The molecule has 0 saturated carbocycles. The molecule has 1 atom stereocenters. The molecule has 2 heterocycles. The second-order valence-electron chi connectivity index (χ2n) is 5.88. The SMILES string of the molecule is CCN(C[C@H]1CCOC1)C(=O)NCc1nncn1-c1ccccc1. The number of carbonyl (C=O) groups is 1. The smallest absolute Gasteiger partial charge is 0.317 e. The Bertz CT molecular complexity index is 652. The van der Waals surface area contributed by atoms with Crippen LogP contribution < -0.4 is 5.32 Å². The number of hydrogen-bond donors (Lipinski definition) is 1. The van der Waals surface area contributed by atoms with E-state index in [1.54, 1.807) is 6.33 Å². The van der Waals surface area contributed by atoms with Crippen molar-refractivity contribution >= 4 is 6.03 Å². The van der Waals surface area contributed by atoms with Crippen molar-refractivity contribution in [2.45, 2.75) is 19.9 Å². The largest absolute Gasteiger partial charge is 0.381 e. The summed E-state index contributed by atoms with van der Waals surface area (Å²) in [4.78, 5) is 14.2. The molecule has 7 heteroatoms. The van der Waals surface area contributed by atoms with Crippen molar-refractivity contribution in [3.05, 3.63) is 42.5 Å². The summed E-state index contributed by atoms with van der Waals surface area (Å²) in [5.41, 5.74) is 0.974.